The zero-order chi connectivity index (χ0) is 16.2. The lowest BCUT2D eigenvalue weighted by atomic mass is 10.0. The highest BCUT2D eigenvalue weighted by molar-refractivity contribution is 5.70. The van der Waals surface area contributed by atoms with Gasteiger partial charge in [-0.25, -0.2) is 0 Å². The predicted molar refractivity (Wildman–Crippen MR) is 73.3 cm³/mol. The SMILES string of the molecule is OC[C@@H](O)COc1cnccc1-c1cccc(C(F)(F)F)c1. The Morgan fingerprint density at radius 1 is 1.23 bits per heavy atom. The number of benzene rings is 1. The molecule has 2 N–H and O–H groups in total. The van der Waals surface area contributed by atoms with E-state index >= 15 is 0 Å². The highest BCUT2D eigenvalue weighted by Crippen LogP contribution is 2.34. The first-order valence-electron chi connectivity index (χ1n) is 6.45. The second-order valence-electron chi connectivity index (χ2n) is 4.60. The van der Waals surface area contributed by atoms with Gasteiger partial charge in [0.1, 0.15) is 18.5 Å². The van der Waals surface area contributed by atoms with Gasteiger partial charge in [-0.3, -0.25) is 4.98 Å². The van der Waals surface area contributed by atoms with Crippen molar-refractivity contribution in [3.63, 3.8) is 0 Å². The van der Waals surface area contributed by atoms with Gasteiger partial charge >= 0.3 is 6.18 Å². The van der Waals surface area contributed by atoms with E-state index in [9.17, 15) is 18.3 Å². The Morgan fingerprint density at radius 2 is 2.00 bits per heavy atom. The Balaban J connectivity index is 2.33. The van der Waals surface area contributed by atoms with Gasteiger partial charge in [0.2, 0.25) is 0 Å². The molecule has 7 heteroatoms. The molecule has 4 nitrogen and oxygen atoms in total. The van der Waals surface area contributed by atoms with Crippen LogP contribution in [0.15, 0.2) is 42.7 Å². The number of pyridine rings is 1. The first-order chi connectivity index (χ1) is 10.4. The van der Waals surface area contributed by atoms with Gasteiger partial charge in [0.15, 0.2) is 0 Å². The lowest BCUT2D eigenvalue weighted by molar-refractivity contribution is -0.137. The van der Waals surface area contributed by atoms with Gasteiger partial charge in [-0.05, 0) is 23.8 Å². The Bertz CT molecular complexity index is 631. The summed E-state index contributed by atoms with van der Waals surface area (Å²) in [6.45, 7) is -0.659. The highest BCUT2D eigenvalue weighted by Gasteiger charge is 2.30. The van der Waals surface area contributed by atoms with Gasteiger partial charge in [0, 0.05) is 11.8 Å². The van der Waals surface area contributed by atoms with Crippen LogP contribution in [0.5, 0.6) is 5.75 Å². The number of hydrogen-bond donors (Lipinski definition) is 2. The monoisotopic (exact) mass is 313 g/mol. The minimum atomic E-state index is -4.43. The minimum absolute atomic E-state index is 0.186. The average Bonchev–Trinajstić information content (AvgIpc) is 2.52. The normalized spacial score (nSPS) is 13.0. The van der Waals surface area contributed by atoms with Crippen LogP contribution in [-0.2, 0) is 6.18 Å². The van der Waals surface area contributed by atoms with E-state index in [-0.39, 0.29) is 12.4 Å². The minimum Gasteiger partial charge on any atom is -0.489 e. The van der Waals surface area contributed by atoms with Crippen molar-refractivity contribution < 1.29 is 28.1 Å². The van der Waals surface area contributed by atoms with Crippen molar-refractivity contribution in [2.45, 2.75) is 12.3 Å². The van der Waals surface area contributed by atoms with E-state index in [1.807, 2.05) is 0 Å². The molecule has 0 fully saturated rings. The number of aliphatic hydroxyl groups is 2. The molecule has 0 aliphatic rings. The number of ether oxygens (including phenoxy) is 1. The van der Waals surface area contributed by atoms with E-state index in [1.165, 1.54) is 30.6 Å². The lowest BCUT2D eigenvalue weighted by Crippen LogP contribution is -2.21. The zero-order valence-corrected chi connectivity index (χ0v) is 11.4. The van der Waals surface area contributed by atoms with Gasteiger partial charge in [-0.2, -0.15) is 13.2 Å². The standard InChI is InChI=1S/C15H14F3NO3/c16-15(17,18)11-3-1-2-10(6-11)13-4-5-19-7-14(13)22-9-12(21)8-20/h1-7,12,20-21H,8-9H2/t12-/m1/s1. The maximum absolute atomic E-state index is 12.8. The van der Waals surface area contributed by atoms with Crippen molar-refractivity contribution in [3.05, 3.63) is 48.3 Å². The third-order valence-electron chi connectivity index (χ3n) is 2.93. The summed E-state index contributed by atoms with van der Waals surface area (Å²) in [6.07, 6.45) is -2.73. The van der Waals surface area contributed by atoms with E-state index in [1.54, 1.807) is 0 Å². The Morgan fingerprint density at radius 3 is 2.68 bits per heavy atom. The molecule has 0 amide bonds. The summed E-state index contributed by atoms with van der Waals surface area (Å²) < 4.78 is 43.7. The summed E-state index contributed by atoms with van der Waals surface area (Å²) in [6, 6.07) is 6.37. The van der Waals surface area contributed by atoms with Crippen LogP contribution in [0.3, 0.4) is 0 Å². The summed E-state index contributed by atoms with van der Waals surface area (Å²) in [7, 11) is 0. The van der Waals surface area contributed by atoms with Crippen molar-refractivity contribution >= 4 is 0 Å². The number of nitrogens with zero attached hydrogens (tertiary/aromatic N) is 1. The van der Waals surface area contributed by atoms with E-state index in [2.05, 4.69) is 4.98 Å². The van der Waals surface area contributed by atoms with Crippen LogP contribution in [0.4, 0.5) is 13.2 Å². The number of aliphatic hydroxyl groups excluding tert-OH is 2. The molecular formula is C15H14F3NO3. The topological polar surface area (TPSA) is 62.6 Å². The molecular weight excluding hydrogens is 299 g/mol. The number of halogens is 3. The Hall–Kier alpha value is -2.12. The summed E-state index contributed by atoms with van der Waals surface area (Å²) in [5.74, 6) is 0.231. The molecule has 2 rings (SSSR count). The number of hydrogen-bond acceptors (Lipinski definition) is 4. The number of rotatable bonds is 5. The quantitative estimate of drug-likeness (QED) is 0.890. The largest absolute Gasteiger partial charge is 0.489 e. The molecule has 0 aliphatic carbocycles. The maximum Gasteiger partial charge on any atom is 0.416 e. The predicted octanol–water partition coefficient (Wildman–Crippen LogP) is 2.50. The van der Waals surface area contributed by atoms with Crippen LogP contribution in [0, 0.1) is 0 Å². The van der Waals surface area contributed by atoms with Crippen molar-refractivity contribution in [3.8, 4) is 16.9 Å². The second kappa shape index (κ2) is 6.76. The van der Waals surface area contributed by atoms with Crippen molar-refractivity contribution in [2.24, 2.45) is 0 Å². The molecule has 0 radical (unpaired) electrons. The first-order valence-corrected chi connectivity index (χ1v) is 6.45. The molecule has 1 heterocycles. The third-order valence-corrected chi connectivity index (χ3v) is 2.93. The number of alkyl halides is 3. The molecule has 0 saturated heterocycles. The lowest BCUT2D eigenvalue weighted by Gasteiger charge is -2.14. The van der Waals surface area contributed by atoms with E-state index in [0.717, 1.165) is 12.1 Å². The van der Waals surface area contributed by atoms with Crippen LogP contribution in [0.25, 0.3) is 11.1 Å². The molecule has 0 saturated carbocycles. The summed E-state index contributed by atoms with van der Waals surface area (Å²) in [4.78, 5) is 3.85. The highest BCUT2D eigenvalue weighted by atomic mass is 19.4. The molecule has 22 heavy (non-hydrogen) atoms. The van der Waals surface area contributed by atoms with Crippen LogP contribution in [0.1, 0.15) is 5.56 Å². The Labute approximate surface area is 124 Å². The van der Waals surface area contributed by atoms with Crippen molar-refractivity contribution in [1.82, 2.24) is 4.98 Å². The molecule has 1 atom stereocenters. The zero-order valence-electron chi connectivity index (χ0n) is 11.4. The van der Waals surface area contributed by atoms with Crippen molar-refractivity contribution in [2.75, 3.05) is 13.2 Å². The molecule has 2 aromatic rings. The summed E-state index contributed by atoms with van der Waals surface area (Å²) in [5.41, 5.74) is -0.0138. The molecule has 1 aromatic heterocycles. The molecule has 0 unspecified atom stereocenters. The molecule has 118 valence electrons. The molecule has 0 bridgehead atoms. The van der Waals surface area contributed by atoms with E-state index in [0.29, 0.717) is 11.1 Å². The smallest absolute Gasteiger partial charge is 0.416 e. The van der Waals surface area contributed by atoms with E-state index in [4.69, 9.17) is 9.84 Å². The fourth-order valence-corrected chi connectivity index (χ4v) is 1.84. The molecule has 0 aliphatic heterocycles. The number of aromatic nitrogens is 1. The Kier molecular flexibility index (Phi) is 4.99. The maximum atomic E-state index is 12.8. The molecule has 0 spiro atoms. The van der Waals surface area contributed by atoms with Crippen LogP contribution < -0.4 is 4.74 Å². The van der Waals surface area contributed by atoms with Crippen molar-refractivity contribution in [1.29, 1.82) is 0 Å². The molecule has 1 aromatic carbocycles. The third kappa shape index (κ3) is 3.96. The van der Waals surface area contributed by atoms with Gasteiger partial charge in [0.25, 0.3) is 0 Å². The first kappa shape index (κ1) is 16.3. The fraction of sp³-hybridized carbons (Fsp3) is 0.267. The van der Waals surface area contributed by atoms with Gasteiger partial charge in [-0.1, -0.05) is 12.1 Å². The van der Waals surface area contributed by atoms with Crippen LogP contribution in [0.2, 0.25) is 0 Å². The second-order valence-corrected chi connectivity index (χ2v) is 4.60. The summed E-state index contributed by atoms with van der Waals surface area (Å²) >= 11 is 0. The average molecular weight is 313 g/mol. The van der Waals surface area contributed by atoms with Gasteiger partial charge in [0.05, 0.1) is 18.4 Å². The fourth-order valence-electron chi connectivity index (χ4n) is 1.84. The van der Waals surface area contributed by atoms with E-state index < -0.39 is 24.5 Å². The van der Waals surface area contributed by atoms with Crippen LogP contribution >= 0.6 is 0 Å². The van der Waals surface area contributed by atoms with Gasteiger partial charge < -0.3 is 14.9 Å². The van der Waals surface area contributed by atoms with Gasteiger partial charge in [-0.15, -0.1) is 0 Å². The van der Waals surface area contributed by atoms with Crippen LogP contribution in [-0.4, -0.2) is 34.5 Å². The summed E-state index contributed by atoms with van der Waals surface area (Å²) in [5, 5.41) is 18.0.